The van der Waals surface area contributed by atoms with Crippen LogP contribution >= 0.6 is 0 Å². The normalized spacial score (nSPS) is 17.9. The molecule has 0 aliphatic heterocycles. The van der Waals surface area contributed by atoms with E-state index < -0.39 is 11.6 Å². The number of amides is 1. The van der Waals surface area contributed by atoms with Crippen molar-refractivity contribution in [3.8, 4) is 22.5 Å². The Kier molecular flexibility index (Phi) is 5.42. The van der Waals surface area contributed by atoms with Crippen LogP contribution in [-0.4, -0.2) is 26.9 Å². The van der Waals surface area contributed by atoms with Crippen LogP contribution in [0.5, 0.6) is 0 Å². The number of hydrogen-bond donors (Lipinski definition) is 2. The number of nitrogens with zero attached hydrogens (tertiary/aromatic N) is 3. The molecular formula is C25H21F2N5O. The zero-order valence-electron chi connectivity index (χ0n) is 17.6. The fourth-order valence-corrected chi connectivity index (χ4v) is 4.40. The van der Waals surface area contributed by atoms with Gasteiger partial charge in [0.05, 0.1) is 11.4 Å². The number of carbonyl (C=O) groups excluding carboxylic acids is 1. The second-order valence-corrected chi connectivity index (χ2v) is 8.18. The molecule has 6 nitrogen and oxygen atoms in total. The molecule has 166 valence electrons. The number of primary amides is 1. The third-order valence-electron chi connectivity index (χ3n) is 6.06. The van der Waals surface area contributed by atoms with Crippen molar-refractivity contribution in [2.45, 2.75) is 25.3 Å². The van der Waals surface area contributed by atoms with E-state index in [1.807, 2.05) is 6.07 Å². The first-order chi connectivity index (χ1) is 16.0. The van der Waals surface area contributed by atoms with Crippen LogP contribution in [0.15, 0.2) is 60.9 Å². The Hall–Kier alpha value is -3.94. The molecule has 5 rings (SSSR count). The van der Waals surface area contributed by atoms with Crippen molar-refractivity contribution >= 4 is 22.6 Å². The lowest BCUT2D eigenvalue weighted by Gasteiger charge is -2.20. The Morgan fingerprint density at radius 1 is 1.03 bits per heavy atom. The van der Waals surface area contributed by atoms with Gasteiger partial charge in [-0.3, -0.25) is 9.78 Å². The molecule has 1 amide bonds. The first-order valence-electron chi connectivity index (χ1n) is 10.7. The van der Waals surface area contributed by atoms with Gasteiger partial charge in [-0.1, -0.05) is 12.5 Å². The molecule has 1 saturated carbocycles. The van der Waals surface area contributed by atoms with Crippen molar-refractivity contribution in [1.29, 1.82) is 0 Å². The molecule has 2 aromatic heterocycles. The summed E-state index contributed by atoms with van der Waals surface area (Å²) in [5.74, 6) is -0.919. The van der Waals surface area contributed by atoms with Crippen molar-refractivity contribution < 1.29 is 13.6 Å². The number of hydrogen-bond acceptors (Lipinski definition) is 5. The number of rotatable bonds is 5. The molecule has 2 atom stereocenters. The van der Waals surface area contributed by atoms with Gasteiger partial charge in [-0.2, -0.15) is 0 Å². The first kappa shape index (κ1) is 20.9. The van der Waals surface area contributed by atoms with Crippen LogP contribution in [0.25, 0.3) is 33.4 Å². The molecule has 1 fully saturated rings. The number of nitrogens with two attached hydrogens (primary N) is 1. The quantitative estimate of drug-likeness (QED) is 0.464. The van der Waals surface area contributed by atoms with E-state index in [2.05, 4.69) is 15.3 Å². The minimum absolute atomic E-state index is 0.159. The molecule has 2 unspecified atom stereocenters. The average Bonchev–Trinajstić information content (AvgIpc) is 3.28. The summed E-state index contributed by atoms with van der Waals surface area (Å²) in [6, 6.07) is 12.3. The summed E-state index contributed by atoms with van der Waals surface area (Å²) >= 11 is 0. The maximum Gasteiger partial charge on any atom is 0.222 e. The Morgan fingerprint density at radius 2 is 1.91 bits per heavy atom. The SMILES string of the molecule is NC(=O)C1CCCC1Nc1nc(-c2cccnc2)nc2ccc(-c3ccc(F)cc3F)cc12. The Morgan fingerprint density at radius 3 is 2.67 bits per heavy atom. The summed E-state index contributed by atoms with van der Waals surface area (Å²) in [7, 11) is 0. The average molecular weight is 445 g/mol. The molecule has 2 aromatic carbocycles. The summed E-state index contributed by atoms with van der Waals surface area (Å²) < 4.78 is 27.8. The molecule has 1 aliphatic rings. The van der Waals surface area contributed by atoms with Crippen molar-refractivity contribution in [3.63, 3.8) is 0 Å². The monoisotopic (exact) mass is 445 g/mol. The van der Waals surface area contributed by atoms with Gasteiger partial charge in [0, 0.05) is 41.0 Å². The number of pyridine rings is 1. The number of carbonyl (C=O) groups is 1. The molecule has 4 aromatic rings. The number of halogens is 2. The van der Waals surface area contributed by atoms with Crippen molar-refractivity contribution in [3.05, 3.63) is 72.6 Å². The smallest absolute Gasteiger partial charge is 0.222 e. The fraction of sp³-hybridized carbons (Fsp3) is 0.200. The van der Waals surface area contributed by atoms with Gasteiger partial charge < -0.3 is 11.1 Å². The highest BCUT2D eigenvalue weighted by Gasteiger charge is 2.32. The van der Waals surface area contributed by atoms with E-state index in [0.717, 1.165) is 30.9 Å². The van der Waals surface area contributed by atoms with Gasteiger partial charge in [0.25, 0.3) is 0 Å². The van der Waals surface area contributed by atoms with E-state index in [4.69, 9.17) is 10.7 Å². The van der Waals surface area contributed by atoms with Crippen LogP contribution in [0.2, 0.25) is 0 Å². The minimum atomic E-state index is -0.652. The molecule has 0 bridgehead atoms. The summed E-state index contributed by atoms with van der Waals surface area (Å²) in [6.07, 6.45) is 5.74. The summed E-state index contributed by atoms with van der Waals surface area (Å²) in [6.45, 7) is 0. The lowest BCUT2D eigenvalue weighted by atomic mass is 10.0. The molecule has 0 radical (unpaired) electrons. The van der Waals surface area contributed by atoms with E-state index in [0.29, 0.717) is 28.1 Å². The van der Waals surface area contributed by atoms with Crippen molar-refractivity contribution in [2.24, 2.45) is 11.7 Å². The highest BCUT2D eigenvalue weighted by Crippen LogP contribution is 2.34. The molecule has 3 N–H and O–H groups in total. The lowest BCUT2D eigenvalue weighted by molar-refractivity contribution is -0.121. The van der Waals surface area contributed by atoms with Crippen molar-refractivity contribution in [2.75, 3.05) is 5.32 Å². The van der Waals surface area contributed by atoms with Gasteiger partial charge in [0.15, 0.2) is 5.82 Å². The number of fused-ring (bicyclic) bond motifs is 1. The molecule has 1 aliphatic carbocycles. The molecule has 2 heterocycles. The van der Waals surface area contributed by atoms with Gasteiger partial charge in [-0.25, -0.2) is 18.7 Å². The van der Waals surface area contributed by atoms with Crippen LogP contribution < -0.4 is 11.1 Å². The van der Waals surface area contributed by atoms with E-state index in [1.54, 1.807) is 36.7 Å². The standard InChI is InChI=1S/C25H21F2N5O/c26-16-7-8-17(20(27)12-16)14-6-9-22-19(11-14)25(31-21-5-1-4-18(21)23(28)33)32-24(30-22)15-3-2-10-29-13-15/h2-3,6-13,18,21H,1,4-5H2,(H2,28,33)(H,30,31,32). The van der Waals surface area contributed by atoms with E-state index in [-0.39, 0.29) is 23.4 Å². The van der Waals surface area contributed by atoms with Crippen LogP contribution in [0.1, 0.15) is 19.3 Å². The fourth-order valence-electron chi connectivity index (χ4n) is 4.40. The van der Waals surface area contributed by atoms with E-state index >= 15 is 0 Å². The molecule has 0 spiro atoms. The number of benzene rings is 2. The zero-order valence-corrected chi connectivity index (χ0v) is 17.6. The van der Waals surface area contributed by atoms with Crippen LogP contribution in [0.3, 0.4) is 0 Å². The largest absolute Gasteiger partial charge is 0.369 e. The van der Waals surface area contributed by atoms with Gasteiger partial charge in [-0.15, -0.1) is 0 Å². The third-order valence-corrected chi connectivity index (χ3v) is 6.06. The number of nitrogens with one attached hydrogen (secondary N) is 1. The Bertz CT molecular complexity index is 1350. The Labute approximate surface area is 188 Å². The van der Waals surface area contributed by atoms with E-state index in [1.165, 1.54) is 12.1 Å². The predicted octanol–water partition coefficient (Wildman–Crippen LogP) is 4.70. The maximum absolute atomic E-state index is 14.4. The first-order valence-corrected chi connectivity index (χ1v) is 10.7. The van der Waals surface area contributed by atoms with Crippen LogP contribution in [0.4, 0.5) is 14.6 Å². The Balaban J connectivity index is 1.65. The van der Waals surface area contributed by atoms with Gasteiger partial charge in [0.2, 0.25) is 5.91 Å². The highest BCUT2D eigenvalue weighted by atomic mass is 19.1. The van der Waals surface area contributed by atoms with Gasteiger partial charge in [-0.05, 0) is 54.8 Å². The van der Waals surface area contributed by atoms with Crippen LogP contribution in [-0.2, 0) is 4.79 Å². The van der Waals surface area contributed by atoms with Gasteiger partial charge in [0.1, 0.15) is 17.5 Å². The second kappa shape index (κ2) is 8.54. The maximum atomic E-state index is 14.4. The molecule has 33 heavy (non-hydrogen) atoms. The minimum Gasteiger partial charge on any atom is -0.369 e. The van der Waals surface area contributed by atoms with E-state index in [9.17, 15) is 13.6 Å². The predicted molar refractivity (Wildman–Crippen MR) is 122 cm³/mol. The number of anilines is 1. The summed E-state index contributed by atoms with van der Waals surface area (Å²) in [5, 5.41) is 4.07. The molecule has 0 saturated heterocycles. The zero-order chi connectivity index (χ0) is 22.9. The van der Waals surface area contributed by atoms with Gasteiger partial charge >= 0.3 is 0 Å². The second-order valence-electron chi connectivity index (χ2n) is 8.18. The molecule has 8 heteroatoms. The summed E-state index contributed by atoms with van der Waals surface area (Å²) in [4.78, 5) is 25.5. The van der Waals surface area contributed by atoms with Crippen molar-refractivity contribution in [1.82, 2.24) is 15.0 Å². The molecular weight excluding hydrogens is 424 g/mol. The summed E-state index contributed by atoms with van der Waals surface area (Å²) in [5.41, 5.74) is 7.84. The number of aromatic nitrogens is 3. The topological polar surface area (TPSA) is 93.8 Å². The highest BCUT2D eigenvalue weighted by molar-refractivity contribution is 5.94. The van der Waals surface area contributed by atoms with Crippen LogP contribution in [0, 0.1) is 17.6 Å². The third kappa shape index (κ3) is 4.11. The lowest BCUT2D eigenvalue weighted by Crippen LogP contribution is -2.34.